The molecule has 0 aromatic carbocycles. The lowest BCUT2D eigenvalue weighted by Gasteiger charge is -2.25. The van der Waals surface area contributed by atoms with E-state index in [1.165, 1.54) is 12.3 Å². The highest BCUT2D eigenvalue weighted by Crippen LogP contribution is 2.24. The van der Waals surface area contributed by atoms with E-state index in [2.05, 4.69) is 4.98 Å². The van der Waals surface area contributed by atoms with Crippen LogP contribution < -0.4 is 10.6 Å². The Bertz CT molecular complexity index is 645. The van der Waals surface area contributed by atoms with Crippen LogP contribution in [0.5, 0.6) is 0 Å². The lowest BCUT2D eigenvalue weighted by Crippen LogP contribution is -2.33. The van der Waals surface area contributed by atoms with Gasteiger partial charge in [-0.25, -0.2) is 18.2 Å². The molecular weight excluding hydrogens is 294 g/mol. The molecule has 116 valence electrons. The van der Waals surface area contributed by atoms with Crippen molar-refractivity contribution in [2.24, 2.45) is 0 Å². The molecule has 1 aromatic heterocycles. The molecule has 21 heavy (non-hydrogen) atoms. The maximum atomic E-state index is 11.8. The quantitative estimate of drug-likeness (QED) is 0.806. The average Bonchev–Trinajstić information content (AvgIpc) is 2.79. The van der Waals surface area contributed by atoms with Crippen molar-refractivity contribution in [3.63, 3.8) is 0 Å². The van der Waals surface area contributed by atoms with Gasteiger partial charge in [0.05, 0.1) is 35.6 Å². The molecule has 0 spiro atoms. The van der Waals surface area contributed by atoms with Crippen LogP contribution in [0, 0.1) is 0 Å². The van der Waals surface area contributed by atoms with Gasteiger partial charge in [0.1, 0.15) is 5.82 Å². The number of nitrogens with zero attached hydrogens (tertiary/aromatic N) is 2. The zero-order valence-corrected chi connectivity index (χ0v) is 12.9. The van der Waals surface area contributed by atoms with Gasteiger partial charge in [-0.15, -0.1) is 0 Å². The largest absolute Gasteiger partial charge is 0.462 e. The first-order valence-electron chi connectivity index (χ1n) is 6.70. The maximum Gasteiger partial charge on any atom is 0.340 e. The number of carbonyl (C=O) groups excluding carboxylic acids is 1. The van der Waals surface area contributed by atoms with Gasteiger partial charge >= 0.3 is 5.97 Å². The van der Waals surface area contributed by atoms with Crippen molar-refractivity contribution in [1.82, 2.24) is 4.98 Å². The Labute approximate surface area is 124 Å². The van der Waals surface area contributed by atoms with Crippen LogP contribution in [0.3, 0.4) is 0 Å². The van der Waals surface area contributed by atoms with Crippen molar-refractivity contribution in [2.75, 3.05) is 35.8 Å². The summed E-state index contributed by atoms with van der Waals surface area (Å²) < 4.78 is 28.0. The second-order valence-electron chi connectivity index (χ2n) is 5.02. The van der Waals surface area contributed by atoms with Gasteiger partial charge in [-0.2, -0.15) is 0 Å². The number of carbonyl (C=O) groups is 1. The molecule has 0 radical (unpaired) electrons. The fraction of sp³-hybridized carbons (Fsp3) is 0.538. The first kappa shape index (κ1) is 15.6. The van der Waals surface area contributed by atoms with E-state index in [4.69, 9.17) is 10.5 Å². The topological polar surface area (TPSA) is 103 Å². The van der Waals surface area contributed by atoms with E-state index in [1.54, 1.807) is 18.9 Å². The monoisotopic (exact) mass is 313 g/mol. The van der Waals surface area contributed by atoms with Crippen molar-refractivity contribution < 1.29 is 17.9 Å². The van der Waals surface area contributed by atoms with E-state index in [-0.39, 0.29) is 35.4 Å². The zero-order valence-electron chi connectivity index (χ0n) is 12.1. The van der Waals surface area contributed by atoms with Crippen LogP contribution in [0.2, 0.25) is 0 Å². The Morgan fingerprint density at radius 2 is 2.29 bits per heavy atom. The van der Waals surface area contributed by atoms with Crippen LogP contribution in [0.4, 0.5) is 11.5 Å². The molecule has 1 aliphatic rings. The summed E-state index contributed by atoms with van der Waals surface area (Å²) in [5.74, 6) is 0.284. The summed E-state index contributed by atoms with van der Waals surface area (Å²) in [7, 11) is -1.21. The van der Waals surface area contributed by atoms with Gasteiger partial charge in [0.15, 0.2) is 9.84 Å². The second-order valence-corrected chi connectivity index (χ2v) is 7.25. The summed E-state index contributed by atoms with van der Waals surface area (Å²) in [6.45, 7) is 1.97. The number of nitrogens with two attached hydrogens (primary N) is 1. The van der Waals surface area contributed by atoms with Crippen LogP contribution in [-0.4, -0.2) is 50.6 Å². The average molecular weight is 313 g/mol. The van der Waals surface area contributed by atoms with E-state index >= 15 is 0 Å². The molecule has 1 aromatic rings. The van der Waals surface area contributed by atoms with Gasteiger partial charge in [-0.3, -0.25) is 0 Å². The maximum absolute atomic E-state index is 11.8. The molecule has 1 atom stereocenters. The van der Waals surface area contributed by atoms with E-state index in [1.807, 2.05) is 0 Å². The summed E-state index contributed by atoms with van der Waals surface area (Å²) in [6, 6.07) is 1.40. The van der Waals surface area contributed by atoms with Crippen LogP contribution in [-0.2, 0) is 14.6 Å². The number of aromatic nitrogens is 1. The Morgan fingerprint density at radius 1 is 1.57 bits per heavy atom. The molecule has 1 aliphatic heterocycles. The number of ether oxygens (including phenoxy) is 1. The molecule has 7 nitrogen and oxygen atoms in total. The van der Waals surface area contributed by atoms with Crippen LogP contribution in [0.15, 0.2) is 12.3 Å². The SMILES string of the molecule is CCOC(=O)c1cc(N(C)C2CCS(=O)(=O)C2)ncc1N. The minimum Gasteiger partial charge on any atom is -0.462 e. The summed E-state index contributed by atoms with van der Waals surface area (Å²) >= 11 is 0. The molecule has 0 saturated carbocycles. The summed E-state index contributed by atoms with van der Waals surface area (Å²) in [6.07, 6.45) is 1.95. The highest BCUT2D eigenvalue weighted by atomic mass is 32.2. The van der Waals surface area contributed by atoms with Crippen molar-refractivity contribution in [3.8, 4) is 0 Å². The number of sulfone groups is 1. The van der Waals surface area contributed by atoms with Crippen molar-refractivity contribution >= 4 is 27.3 Å². The van der Waals surface area contributed by atoms with Gasteiger partial charge in [-0.05, 0) is 19.4 Å². The molecule has 2 rings (SSSR count). The number of esters is 1. The van der Waals surface area contributed by atoms with E-state index in [9.17, 15) is 13.2 Å². The fourth-order valence-electron chi connectivity index (χ4n) is 2.30. The molecule has 0 bridgehead atoms. The molecule has 2 heterocycles. The number of nitrogen functional groups attached to an aromatic ring is 1. The summed E-state index contributed by atoms with van der Waals surface area (Å²) in [5, 5.41) is 0. The van der Waals surface area contributed by atoms with E-state index in [0.29, 0.717) is 12.2 Å². The number of hydrogen-bond acceptors (Lipinski definition) is 7. The normalized spacial score (nSPS) is 20.2. The second kappa shape index (κ2) is 5.88. The first-order chi connectivity index (χ1) is 9.84. The molecule has 1 saturated heterocycles. The molecule has 2 N–H and O–H groups in total. The van der Waals surface area contributed by atoms with Crippen LogP contribution >= 0.6 is 0 Å². The molecule has 0 amide bonds. The molecule has 1 unspecified atom stereocenters. The summed E-state index contributed by atoms with van der Waals surface area (Å²) in [4.78, 5) is 17.8. The van der Waals surface area contributed by atoms with Crippen LogP contribution in [0.1, 0.15) is 23.7 Å². The third kappa shape index (κ3) is 3.44. The van der Waals surface area contributed by atoms with Gasteiger partial charge in [0.25, 0.3) is 0 Å². The van der Waals surface area contributed by atoms with Crippen molar-refractivity contribution in [1.29, 1.82) is 0 Å². The number of anilines is 2. The summed E-state index contributed by atoms with van der Waals surface area (Å²) in [5.41, 5.74) is 6.22. The highest BCUT2D eigenvalue weighted by molar-refractivity contribution is 7.91. The Balaban J connectivity index is 2.24. The van der Waals surface area contributed by atoms with Gasteiger partial charge in [0, 0.05) is 13.1 Å². The van der Waals surface area contributed by atoms with Crippen molar-refractivity contribution in [3.05, 3.63) is 17.8 Å². The zero-order chi connectivity index (χ0) is 15.6. The molecule has 0 aliphatic carbocycles. The first-order valence-corrected chi connectivity index (χ1v) is 8.52. The highest BCUT2D eigenvalue weighted by Gasteiger charge is 2.31. The third-order valence-electron chi connectivity index (χ3n) is 3.53. The lowest BCUT2D eigenvalue weighted by atomic mass is 10.2. The minimum absolute atomic E-state index is 0.101. The predicted molar refractivity (Wildman–Crippen MR) is 80.1 cm³/mol. The van der Waals surface area contributed by atoms with Gasteiger partial charge in [-0.1, -0.05) is 0 Å². The van der Waals surface area contributed by atoms with E-state index in [0.717, 1.165) is 0 Å². The third-order valence-corrected chi connectivity index (χ3v) is 5.28. The molecule has 1 fully saturated rings. The smallest absolute Gasteiger partial charge is 0.340 e. The lowest BCUT2D eigenvalue weighted by molar-refractivity contribution is 0.0527. The number of rotatable bonds is 4. The fourth-order valence-corrected chi connectivity index (χ4v) is 4.08. The Hall–Kier alpha value is -1.83. The van der Waals surface area contributed by atoms with Crippen LogP contribution in [0.25, 0.3) is 0 Å². The van der Waals surface area contributed by atoms with Gasteiger partial charge < -0.3 is 15.4 Å². The molecular formula is C13H19N3O4S. The van der Waals surface area contributed by atoms with E-state index < -0.39 is 15.8 Å². The predicted octanol–water partition coefficient (Wildman–Crippen LogP) is 0.464. The number of pyridine rings is 1. The van der Waals surface area contributed by atoms with Gasteiger partial charge in [0.2, 0.25) is 0 Å². The Kier molecular flexibility index (Phi) is 4.36. The van der Waals surface area contributed by atoms with Crippen molar-refractivity contribution in [2.45, 2.75) is 19.4 Å². The standard InChI is InChI=1S/C13H19N3O4S/c1-3-20-13(17)10-6-12(15-7-11(10)14)16(2)9-4-5-21(18,19)8-9/h6-7,9H,3-5,8,14H2,1-2H3. The Morgan fingerprint density at radius 3 is 2.86 bits per heavy atom. The number of hydrogen-bond donors (Lipinski definition) is 1. The minimum atomic E-state index is -2.98. The molecule has 8 heteroatoms.